The van der Waals surface area contributed by atoms with Crippen molar-refractivity contribution in [2.45, 2.75) is 17.8 Å². The molecule has 5 nitrogen and oxygen atoms in total. The van der Waals surface area contributed by atoms with E-state index in [0.717, 1.165) is 23.4 Å². The first-order chi connectivity index (χ1) is 11.8. The quantitative estimate of drug-likeness (QED) is 0.889. The summed E-state index contributed by atoms with van der Waals surface area (Å²) in [5.41, 5.74) is -0.234. The summed E-state index contributed by atoms with van der Waals surface area (Å²) >= 11 is 0.932. The predicted molar refractivity (Wildman–Crippen MR) is 84.4 cm³/mol. The number of alkyl halides is 3. The summed E-state index contributed by atoms with van der Waals surface area (Å²) in [5, 5.41) is 1.36. The number of nitrogens with one attached hydrogen (secondary N) is 1. The smallest absolute Gasteiger partial charge is 0.433 e. The third-order valence-corrected chi connectivity index (χ3v) is 4.33. The van der Waals surface area contributed by atoms with Crippen LogP contribution in [0.25, 0.3) is 0 Å². The Balaban J connectivity index is 1.67. The van der Waals surface area contributed by atoms with Gasteiger partial charge in [-0.1, -0.05) is 30.0 Å². The minimum Gasteiger partial charge on any atom is -0.439 e. The highest BCUT2D eigenvalue weighted by atomic mass is 32.2. The first-order valence-corrected chi connectivity index (χ1v) is 8.02. The number of amides is 2. The number of carbonyl (C=O) groups is 2. The van der Waals surface area contributed by atoms with Crippen molar-refractivity contribution in [3.63, 3.8) is 0 Å². The van der Waals surface area contributed by atoms with E-state index in [1.54, 1.807) is 24.3 Å². The number of benzene rings is 1. The second kappa shape index (κ2) is 6.75. The van der Waals surface area contributed by atoms with Crippen LogP contribution in [0.15, 0.2) is 42.5 Å². The summed E-state index contributed by atoms with van der Waals surface area (Å²) in [7, 11) is 0. The van der Waals surface area contributed by atoms with Crippen LogP contribution in [0.5, 0.6) is 11.6 Å². The van der Waals surface area contributed by atoms with Gasteiger partial charge < -0.3 is 4.74 Å². The number of aromatic nitrogens is 1. The molecule has 0 radical (unpaired) electrons. The van der Waals surface area contributed by atoms with Gasteiger partial charge in [-0.05, 0) is 30.2 Å². The lowest BCUT2D eigenvalue weighted by atomic mass is 10.1. The van der Waals surface area contributed by atoms with Gasteiger partial charge in [0, 0.05) is 6.07 Å². The van der Waals surface area contributed by atoms with Crippen molar-refractivity contribution >= 4 is 22.9 Å². The number of hydrogen-bond acceptors (Lipinski definition) is 5. The number of pyridine rings is 1. The number of halogens is 3. The number of nitrogens with zero attached hydrogens (tertiary/aromatic N) is 1. The molecule has 1 aromatic heterocycles. The SMILES string of the molecule is O=C1NC(=O)C(Cc2ccc(Oc3cccc(C(F)(F)F)n3)cc2)S1. The van der Waals surface area contributed by atoms with Crippen molar-refractivity contribution in [2.75, 3.05) is 0 Å². The van der Waals surface area contributed by atoms with Crippen LogP contribution >= 0.6 is 11.8 Å². The van der Waals surface area contributed by atoms with Gasteiger partial charge in [0.15, 0.2) is 0 Å². The lowest BCUT2D eigenvalue weighted by molar-refractivity contribution is -0.141. The van der Waals surface area contributed by atoms with Crippen LogP contribution in [0.2, 0.25) is 0 Å². The Hall–Kier alpha value is -2.55. The van der Waals surface area contributed by atoms with E-state index in [-0.39, 0.29) is 17.0 Å². The van der Waals surface area contributed by atoms with E-state index in [4.69, 9.17) is 4.74 Å². The summed E-state index contributed by atoms with van der Waals surface area (Å²) in [6, 6.07) is 9.90. The third-order valence-electron chi connectivity index (χ3n) is 3.35. The Morgan fingerprint density at radius 2 is 1.84 bits per heavy atom. The van der Waals surface area contributed by atoms with Crippen LogP contribution in [-0.2, 0) is 17.4 Å². The molecule has 0 aliphatic carbocycles. The topological polar surface area (TPSA) is 68.3 Å². The Morgan fingerprint density at radius 3 is 2.44 bits per heavy atom. The lowest BCUT2D eigenvalue weighted by Gasteiger charge is -2.10. The van der Waals surface area contributed by atoms with Crippen LogP contribution in [0.1, 0.15) is 11.3 Å². The van der Waals surface area contributed by atoms with Crippen molar-refractivity contribution < 1.29 is 27.5 Å². The Kier molecular flexibility index (Phi) is 4.67. The minimum absolute atomic E-state index is 0.168. The van der Waals surface area contributed by atoms with E-state index in [9.17, 15) is 22.8 Å². The Morgan fingerprint density at radius 1 is 1.12 bits per heavy atom. The monoisotopic (exact) mass is 368 g/mol. The maximum Gasteiger partial charge on any atom is 0.433 e. The molecular formula is C16H11F3N2O3S. The first kappa shape index (κ1) is 17.3. The van der Waals surface area contributed by atoms with Crippen molar-refractivity contribution in [1.82, 2.24) is 10.3 Å². The second-order valence-electron chi connectivity index (χ2n) is 5.19. The lowest BCUT2D eigenvalue weighted by Crippen LogP contribution is -2.25. The zero-order chi connectivity index (χ0) is 18.0. The Labute approximate surface area is 144 Å². The second-order valence-corrected chi connectivity index (χ2v) is 6.37. The summed E-state index contributed by atoms with van der Waals surface area (Å²) in [6.07, 6.45) is -4.18. The van der Waals surface area contributed by atoms with Gasteiger partial charge in [0.25, 0.3) is 5.24 Å². The highest BCUT2D eigenvalue weighted by Gasteiger charge is 2.33. The predicted octanol–water partition coefficient (Wildman–Crippen LogP) is 3.79. The molecule has 1 unspecified atom stereocenters. The van der Waals surface area contributed by atoms with Crippen LogP contribution in [0, 0.1) is 0 Å². The van der Waals surface area contributed by atoms with Gasteiger partial charge in [0.1, 0.15) is 11.4 Å². The number of carbonyl (C=O) groups excluding carboxylic acids is 2. The van der Waals surface area contributed by atoms with E-state index in [0.29, 0.717) is 12.2 Å². The molecular weight excluding hydrogens is 357 g/mol. The Bertz CT molecular complexity index is 809. The summed E-state index contributed by atoms with van der Waals surface area (Å²) < 4.78 is 43.2. The van der Waals surface area contributed by atoms with Crippen LogP contribution in [-0.4, -0.2) is 21.4 Å². The zero-order valence-corrected chi connectivity index (χ0v) is 13.4. The fourth-order valence-electron chi connectivity index (χ4n) is 2.19. The van der Waals surface area contributed by atoms with Crippen molar-refractivity contribution in [3.05, 3.63) is 53.7 Å². The first-order valence-electron chi connectivity index (χ1n) is 7.14. The maximum atomic E-state index is 12.6. The van der Waals surface area contributed by atoms with E-state index in [1.807, 2.05) is 0 Å². The molecule has 0 spiro atoms. The van der Waals surface area contributed by atoms with Gasteiger partial charge in [-0.2, -0.15) is 13.2 Å². The highest BCUT2D eigenvalue weighted by Crippen LogP contribution is 2.30. The molecule has 9 heteroatoms. The van der Waals surface area contributed by atoms with Gasteiger partial charge in [-0.3, -0.25) is 14.9 Å². The van der Waals surface area contributed by atoms with Crippen LogP contribution < -0.4 is 10.1 Å². The molecule has 0 saturated carbocycles. The van der Waals surface area contributed by atoms with Gasteiger partial charge >= 0.3 is 6.18 Å². The molecule has 25 heavy (non-hydrogen) atoms. The van der Waals surface area contributed by atoms with Crippen LogP contribution in [0.3, 0.4) is 0 Å². The summed E-state index contributed by atoms with van der Waals surface area (Å²) in [5.74, 6) is -0.183. The molecule has 2 aromatic rings. The van der Waals surface area contributed by atoms with Gasteiger partial charge in [0.2, 0.25) is 11.8 Å². The third kappa shape index (κ3) is 4.30. The number of thioether (sulfide) groups is 1. The highest BCUT2D eigenvalue weighted by molar-refractivity contribution is 8.15. The molecule has 1 aliphatic rings. The molecule has 1 saturated heterocycles. The average Bonchev–Trinajstić information content (AvgIpc) is 2.86. The number of ether oxygens (including phenoxy) is 1. The van der Waals surface area contributed by atoms with E-state index < -0.39 is 17.1 Å². The van der Waals surface area contributed by atoms with E-state index in [2.05, 4.69) is 10.3 Å². The van der Waals surface area contributed by atoms with Gasteiger partial charge in [0.05, 0.1) is 5.25 Å². The molecule has 1 aliphatic heterocycles. The number of hydrogen-bond donors (Lipinski definition) is 1. The molecule has 1 N–H and O–H groups in total. The number of rotatable bonds is 4. The molecule has 2 amide bonds. The van der Waals surface area contributed by atoms with E-state index >= 15 is 0 Å². The fourth-order valence-corrected chi connectivity index (χ4v) is 3.05. The standard InChI is InChI=1S/C16H11F3N2O3S/c17-16(18,19)12-2-1-3-13(20-12)24-10-6-4-9(5-7-10)8-11-14(22)21-15(23)25-11/h1-7,11H,8H2,(H,21,22,23). The summed E-state index contributed by atoms with van der Waals surface area (Å²) in [4.78, 5) is 26.1. The van der Waals surface area contributed by atoms with Crippen LogP contribution in [0.4, 0.5) is 18.0 Å². The normalized spacial score (nSPS) is 17.5. The largest absolute Gasteiger partial charge is 0.439 e. The van der Waals surface area contributed by atoms with E-state index in [1.165, 1.54) is 12.1 Å². The molecule has 0 bridgehead atoms. The maximum absolute atomic E-state index is 12.6. The van der Waals surface area contributed by atoms with Crippen molar-refractivity contribution in [3.8, 4) is 11.6 Å². The van der Waals surface area contributed by atoms with Crippen molar-refractivity contribution in [2.24, 2.45) is 0 Å². The molecule has 1 aromatic carbocycles. The molecule has 1 atom stereocenters. The molecule has 3 rings (SSSR count). The zero-order valence-electron chi connectivity index (χ0n) is 12.5. The molecule has 130 valence electrons. The average molecular weight is 368 g/mol. The summed E-state index contributed by atoms with van der Waals surface area (Å²) in [6.45, 7) is 0. The number of imide groups is 1. The molecule has 1 fully saturated rings. The fraction of sp³-hybridized carbons (Fsp3) is 0.188. The molecule has 2 heterocycles. The minimum atomic E-state index is -4.54. The van der Waals surface area contributed by atoms with Gasteiger partial charge in [-0.15, -0.1) is 0 Å². The van der Waals surface area contributed by atoms with Crippen molar-refractivity contribution in [1.29, 1.82) is 0 Å². The van der Waals surface area contributed by atoms with Gasteiger partial charge in [-0.25, -0.2) is 4.98 Å².